The van der Waals surface area contributed by atoms with Crippen LogP contribution in [-0.2, 0) is 17.9 Å². The van der Waals surface area contributed by atoms with Crippen molar-refractivity contribution in [1.82, 2.24) is 4.90 Å². The Balaban J connectivity index is 2.11. The highest BCUT2D eigenvalue weighted by Crippen LogP contribution is 2.21. The van der Waals surface area contributed by atoms with Crippen LogP contribution in [0.3, 0.4) is 0 Å². The van der Waals surface area contributed by atoms with Crippen LogP contribution in [0.15, 0.2) is 18.2 Å². The first kappa shape index (κ1) is 13.0. The van der Waals surface area contributed by atoms with Crippen LogP contribution in [0.2, 0.25) is 0 Å². The smallest absolute Gasteiger partial charge is 0.234 e. The second-order valence-corrected chi connectivity index (χ2v) is 4.66. The van der Waals surface area contributed by atoms with Gasteiger partial charge in [-0.15, -0.1) is 0 Å². The monoisotopic (exact) mass is 251 g/mol. The zero-order valence-corrected chi connectivity index (χ0v) is 10.2. The molecule has 1 fully saturated rings. The van der Waals surface area contributed by atoms with Gasteiger partial charge in [-0.1, -0.05) is 12.1 Å². The molecule has 98 valence electrons. The van der Waals surface area contributed by atoms with Gasteiger partial charge in [-0.25, -0.2) is 4.39 Å². The maximum Gasteiger partial charge on any atom is 0.234 e. The van der Waals surface area contributed by atoms with Crippen LogP contribution in [0.5, 0.6) is 0 Å². The maximum absolute atomic E-state index is 13.8. The van der Waals surface area contributed by atoms with Crippen molar-refractivity contribution in [3.05, 3.63) is 35.1 Å². The van der Waals surface area contributed by atoms with Gasteiger partial charge in [-0.2, -0.15) is 0 Å². The molecule has 2 rings (SSSR count). The first-order chi connectivity index (χ1) is 8.61. The minimum absolute atomic E-state index is 0.265. The fraction of sp³-hybridized carbons (Fsp3) is 0.462. The highest BCUT2D eigenvalue weighted by atomic mass is 19.1. The van der Waals surface area contributed by atoms with Crippen LogP contribution < -0.4 is 11.5 Å². The summed E-state index contributed by atoms with van der Waals surface area (Å²) in [6, 6.07) is 4.73. The van der Waals surface area contributed by atoms with Gasteiger partial charge in [-0.3, -0.25) is 9.69 Å². The van der Waals surface area contributed by atoms with Crippen LogP contribution in [0, 0.1) is 5.82 Å². The summed E-state index contributed by atoms with van der Waals surface area (Å²) in [6.45, 7) is 1.53. The topological polar surface area (TPSA) is 72.3 Å². The van der Waals surface area contributed by atoms with Crippen LogP contribution in [0.25, 0.3) is 0 Å². The average Bonchev–Trinajstić information content (AvgIpc) is 2.80. The second kappa shape index (κ2) is 5.46. The molecule has 0 aromatic heterocycles. The van der Waals surface area contributed by atoms with Crippen LogP contribution in [-0.4, -0.2) is 23.4 Å². The van der Waals surface area contributed by atoms with E-state index in [-0.39, 0.29) is 17.8 Å². The Kier molecular flexibility index (Phi) is 3.93. The highest BCUT2D eigenvalue weighted by molar-refractivity contribution is 5.80. The molecule has 0 spiro atoms. The zero-order valence-electron chi connectivity index (χ0n) is 10.2. The highest BCUT2D eigenvalue weighted by Gasteiger charge is 2.29. The van der Waals surface area contributed by atoms with Gasteiger partial charge in [0.2, 0.25) is 5.91 Å². The number of hydrogen-bond donors (Lipinski definition) is 2. The first-order valence-electron chi connectivity index (χ1n) is 6.12. The Morgan fingerprint density at radius 1 is 1.50 bits per heavy atom. The SMILES string of the molecule is NCc1ccc(CN2CCCC2C(N)=O)c(F)c1. The lowest BCUT2D eigenvalue weighted by atomic mass is 10.1. The lowest BCUT2D eigenvalue weighted by Crippen LogP contribution is -2.39. The van der Waals surface area contributed by atoms with Gasteiger partial charge in [0.15, 0.2) is 0 Å². The molecule has 1 aromatic carbocycles. The molecule has 18 heavy (non-hydrogen) atoms. The van der Waals surface area contributed by atoms with Gasteiger partial charge in [0.05, 0.1) is 6.04 Å². The number of nitrogens with two attached hydrogens (primary N) is 2. The minimum atomic E-state index is -0.327. The number of primary amides is 1. The van der Waals surface area contributed by atoms with Gasteiger partial charge in [0.25, 0.3) is 0 Å². The van der Waals surface area contributed by atoms with E-state index in [1.807, 2.05) is 11.0 Å². The predicted octanol–water partition coefficient (Wildman–Crippen LogP) is 0.734. The van der Waals surface area contributed by atoms with Crippen molar-refractivity contribution in [2.75, 3.05) is 6.54 Å². The van der Waals surface area contributed by atoms with Crippen molar-refractivity contribution < 1.29 is 9.18 Å². The van der Waals surface area contributed by atoms with Crippen molar-refractivity contribution in [2.24, 2.45) is 11.5 Å². The number of hydrogen-bond acceptors (Lipinski definition) is 3. The quantitative estimate of drug-likeness (QED) is 0.828. The Morgan fingerprint density at radius 3 is 2.89 bits per heavy atom. The summed E-state index contributed by atoms with van der Waals surface area (Å²) < 4.78 is 13.8. The van der Waals surface area contributed by atoms with Gasteiger partial charge < -0.3 is 11.5 Å². The molecule has 1 aliphatic rings. The number of carbonyl (C=O) groups excluding carboxylic acids is 1. The fourth-order valence-corrected chi connectivity index (χ4v) is 2.40. The number of rotatable bonds is 4. The van der Waals surface area contributed by atoms with E-state index >= 15 is 0 Å². The standard InChI is InChI=1S/C13H18FN3O/c14-11-6-9(7-15)3-4-10(11)8-17-5-1-2-12(17)13(16)18/h3-4,6,12H,1-2,5,7-8,15H2,(H2,16,18). The fourth-order valence-electron chi connectivity index (χ4n) is 2.40. The molecule has 1 atom stereocenters. The average molecular weight is 251 g/mol. The molecular weight excluding hydrogens is 233 g/mol. The van der Waals surface area contributed by atoms with Crippen molar-refractivity contribution >= 4 is 5.91 Å². The Labute approximate surface area is 106 Å². The molecule has 4 nitrogen and oxygen atoms in total. The summed E-state index contributed by atoms with van der Waals surface area (Å²) in [7, 11) is 0. The molecule has 1 aliphatic heterocycles. The van der Waals surface area contributed by atoms with Crippen LogP contribution >= 0.6 is 0 Å². The molecule has 4 N–H and O–H groups in total. The van der Waals surface area contributed by atoms with Crippen molar-refractivity contribution in [3.63, 3.8) is 0 Å². The largest absolute Gasteiger partial charge is 0.368 e. The lowest BCUT2D eigenvalue weighted by molar-refractivity contribution is -0.122. The summed E-state index contributed by atoms with van der Waals surface area (Å²) in [5.74, 6) is -0.598. The van der Waals surface area contributed by atoms with Crippen molar-refractivity contribution in [2.45, 2.75) is 32.0 Å². The molecule has 1 amide bonds. The number of benzene rings is 1. The molecule has 0 aliphatic carbocycles. The number of amides is 1. The second-order valence-electron chi connectivity index (χ2n) is 4.66. The summed E-state index contributed by atoms with van der Waals surface area (Å²) in [4.78, 5) is 13.2. The number of halogens is 1. The molecule has 5 heteroatoms. The molecule has 0 bridgehead atoms. The lowest BCUT2D eigenvalue weighted by Gasteiger charge is -2.22. The third-order valence-corrected chi connectivity index (χ3v) is 3.42. The molecule has 0 saturated carbocycles. The van der Waals surface area contributed by atoms with E-state index in [1.165, 1.54) is 6.07 Å². The first-order valence-corrected chi connectivity index (χ1v) is 6.12. The number of nitrogens with zero attached hydrogens (tertiary/aromatic N) is 1. The zero-order chi connectivity index (χ0) is 13.1. The Bertz CT molecular complexity index is 450. The van der Waals surface area contributed by atoms with Crippen LogP contribution in [0.4, 0.5) is 4.39 Å². The van der Waals surface area contributed by atoms with E-state index in [0.717, 1.165) is 24.9 Å². The normalized spacial score (nSPS) is 20.2. The Morgan fingerprint density at radius 2 is 2.28 bits per heavy atom. The minimum Gasteiger partial charge on any atom is -0.368 e. The third kappa shape index (κ3) is 2.68. The van der Waals surface area contributed by atoms with Crippen molar-refractivity contribution in [1.29, 1.82) is 0 Å². The van der Waals surface area contributed by atoms with Gasteiger partial charge in [0.1, 0.15) is 5.82 Å². The van der Waals surface area contributed by atoms with E-state index in [2.05, 4.69) is 0 Å². The number of likely N-dealkylation sites (tertiary alicyclic amines) is 1. The molecule has 1 heterocycles. The third-order valence-electron chi connectivity index (χ3n) is 3.42. The Hall–Kier alpha value is -1.46. The van der Waals surface area contributed by atoms with E-state index in [0.29, 0.717) is 18.7 Å². The van der Waals surface area contributed by atoms with E-state index in [9.17, 15) is 9.18 Å². The molecule has 0 radical (unpaired) electrons. The van der Waals surface area contributed by atoms with Crippen molar-refractivity contribution in [3.8, 4) is 0 Å². The molecule has 1 unspecified atom stereocenters. The van der Waals surface area contributed by atoms with Crippen LogP contribution in [0.1, 0.15) is 24.0 Å². The molecular formula is C13H18FN3O. The maximum atomic E-state index is 13.8. The molecule has 1 saturated heterocycles. The van der Waals surface area contributed by atoms with E-state index in [4.69, 9.17) is 11.5 Å². The molecule has 1 aromatic rings. The summed E-state index contributed by atoms with van der Waals surface area (Å²) in [6.07, 6.45) is 1.69. The van der Waals surface area contributed by atoms with Gasteiger partial charge >= 0.3 is 0 Å². The summed E-state index contributed by atoms with van der Waals surface area (Å²) in [5, 5.41) is 0. The van der Waals surface area contributed by atoms with Gasteiger partial charge in [0, 0.05) is 18.7 Å². The summed E-state index contributed by atoms with van der Waals surface area (Å²) in [5.41, 5.74) is 12.1. The summed E-state index contributed by atoms with van der Waals surface area (Å²) >= 11 is 0. The van der Waals surface area contributed by atoms with E-state index < -0.39 is 0 Å². The van der Waals surface area contributed by atoms with E-state index in [1.54, 1.807) is 6.07 Å². The number of carbonyl (C=O) groups is 1. The van der Waals surface area contributed by atoms with Gasteiger partial charge in [-0.05, 0) is 31.0 Å². The predicted molar refractivity (Wildman–Crippen MR) is 66.9 cm³/mol.